The molecule has 1 aromatic rings. The van der Waals surface area contributed by atoms with E-state index in [0.717, 1.165) is 25.7 Å². The molecule has 0 bridgehead atoms. The van der Waals surface area contributed by atoms with Gasteiger partial charge in [0.2, 0.25) is 6.29 Å². The van der Waals surface area contributed by atoms with Gasteiger partial charge in [-0.25, -0.2) is 9.97 Å². The van der Waals surface area contributed by atoms with Crippen LogP contribution >= 0.6 is 0 Å². The fraction of sp³-hybridized carbons (Fsp3) is 0.692. The number of methoxy groups -OCH3 is 2. The van der Waals surface area contributed by atoms with E-state index >= 15 is 0 Å². The van der Waals surface area contributed by atoms with Crippen LogP contribution in [0.4, 0.5) is 0 Å². The fourth-order valence-electron chi connectivity index (χ4n) is 2.60. The highest BCUT2D eigenvalue weighted by Crippen LogP contribution is 2.39. The lowest BCUT2D eigenvalue weighted by atomic mass is 9.86. The Kier molecular flexibility index (Phi) is 4.27. The van der Waals surface area contributed by atoms with E-state index in [4.69, 9.17) is 9.47 Å². The Bertz CT molecular complexity index is 388. The van der Waals surface area contributed by atoms with Gasteiger partial charge in [-0.2, -0.15) is 0 Å². The van der Waals surface area contributed by atoms with Gasteiger partial charge in [0.1, 0.15) is 5.82 Å². The summed E-state index contributed by atoms with van der Waals surface area (Å²) in [5, 5.41) is 9.67. The molecule has 0 aliphatic heterocycles. The van der Waals surface area contributed by atoms with Crippen molar-refractivity contribution in [3.05, 3.63) is 23.8 Å². The molecule has 1 aliphatic carbocycles. The Hall–Kier alpha value is -1.04. The van der Waals surface area contributed by atoms with E-state index in [0.29, 0.717) is 11.5 Å². The predicted molar refractivity (Wildman–Crippen MR) is 66.0 cm³/mol. The quantitative estimate of drug-likeness (QED) is 0.806. The lowest BCUT2D eigenvalue weighted by molar-refractivity contribution is -0.108. The second-order valence-corrected chi connectivity index (χ2v) is 4.75. The zero-order valence-corrected chi connectivity index (χ0v) is 10.9. The van der Waals surface area contributed by atoms with Gasteiger partial charge in [0, 0.05) is 20.4 Å². The summed E-state index contributed by atoms with van der Waals surface area (Å²) in [6, 6.07) is 1.78. The molecule has 5 heteroatoms. The van der Waals surface area contributed by atoms with Crippen molar-refractivity contribution in [1.82, 2.24) is 9.97 Å². The Morgan fingerprint density at radius 1 is 1.33 bits per heavy atom. The zero-order chi connectivity index (χ0) is 13.0. The minimum absolute atomic E-state index is 0.0983. The number of aliphatic hydroxyl groups is 1. The number of hydrogen-bond acceptors (Lipinski definition) is 5. The maximum atomic E-state index is 9.67. The second-order valence-electron chi connectivity index (χ2n) is 4.75. The van der Waals surface area contributed by atoms with Crippen LogP contribution in [0.3, 0.4) is 0 Å². The van der Waals surface area contributed by atoms with Crippen molar-refractivity contribution in [1.29, 1.82) is 0 Å². The minimum atomic E-state index is -0.483. The number of aliphatic hydroxyl groups excluding tert-OH is 1. The number of hydrogen-bond donors (Lipinski definition) is 1. The van der Waals surface area contributed by atoms with Crippen LogP contribution in [0.2, 0.25) is 0 Å². The van der Waals surface area contributed by atoms with Crippen molar-refractivity contribution in [3.63, 3.8) is 0 Å². The van der Waals surface area contributed by atoms with Gasteiger partial charge in [-0.1, -0.05) is 12.8 Å². The number of nitrogens with zero attached hydrogens (tertiary/aromatic N) is 2. The lowest BCUT2D eigenvalue weighted by Crippen LogP contribution is -2.30. The van der Waals surface area contributed by atoms with Gasteiger partial charge in [0.05, 0.1) is 17.7 Å². The van der Waals surface area contributed by atoms with E-state index in [1.165, 1.54) is 0 Å². The van der Waals surface area contributed by atoms with Crippen LogP contribution in [0.25, 0.3) is 0 Å². The molecule has 0 atom stereocenters. The molecule has 1 N–H and O–H groups in total. The third-order valence-corrected chi connectivity index (χ3v) is 3.68. The SMILES string of the molecule is COC(OC)c1ccnc(C2(CO)CCCC2)n1. The van der Waals surface area contributed by atoms with Gasteiger partial charge in [0.15, 0.2) is 0 Å². The fourth-order valence-corrected chi connectivity index (χ4v) is 2.60. The first-order valence-corrected chi connectivity index (χ1v) is 6.25. The predicted octanol–water partition coefficient (Wildman–Crippen LogP) is 1.57. The van der Waals surface area contributed by atoms with E-state index in [2.05, 4.69) is 9.97 Å². The summed E-state index contributed by atoms with van der Waals surface area (Å²) >= 11 is 0. The molecule has 1 aromatic heterocycles. The summed E-state index contributed by atoms with van der Waals surface area (Å²) < 4.78 is 10.4. The molecule has 0 spiro atoms. The summed E-state index contributed by atoms with van der Waals surface area (Å²) in [6.07, 6.45) is 5.34. The molecule has 18 heavy (non-hydrogen) atoms. The summed E-state index contributed by atoms with van der Waals surface area (Å²) in [5.74, 6) is 0.708. The highest BCUT2D eigenvalue weighted by molar-refractivity contribution is 5.14. The van der Waals surface area contributed by atoms with E-state index in [-0.39, 0.29) is 12.0 Å². The first kappa shape index (κ1) is 13.4. The number of ether oxygens (including phenoxy) is 2. The molecular weight excluding hydrogens is 232 g/mol. The molecule has 1 aliphatic rings. The van der Waals surface area contributed by atoms with Crippen LogP contribution in [0.1, 0.15) is 43.5 Å². The van der Waals surface area contributed by atoms with Crippen molar-refractivity contribution >= 4 is 0 Å². The molecule has 0 radical (unpaired) electrons. The van der Waals surface area contributed by atoms with Crippen molar-refractivity contribution in [2.45, 2.75) is 37.4 Å². The molecular formula is C13H20N2O3. The molecule has 0 aromatic carbocycles. The van der Waals surface area contributed by atoms with Crippen LogP contribution in [0, 0.1) is 0 Å². The molecule has 0 saturated heterocycles. The van der Waals surface area contributed by atoms with Gasteiger partial charge in [-0.05, 0) is 18.9 Å². The highest BCUT2D eigenvalue weighted by atomic mass is 16.7. The van der Waals surface area contributed by atoms with Crippen LogP contribution < -0.4 is 0 Å². The third kappa shape index (κ3) is 2.39. The molecule has 0 unspecified atom stereocenters. The Morgan fingerprint density at radius 2 is 2.00 bits per heavy atom. The standard InChI is InChI=1S/C13H20N2O3/c1-17-11(18-2)10-5-8-14-12(15-10)13(9-16)6-3-4-7-13/h5,8,11,16H,3-4,6-7,9H2,1-2H3. The topological polar surface area (TPSA) is 64.5 Å². The van der Waals surface area contributed by atoms with Crippen LogP contribution in [0.15, 0.2) is 12.3 Å². The number of aromatic nitrogens is 2. The Labute approximate surface area is 107 Å². The lowest BCUT2D eigenvalue weighted by Gasteiger charge is -2.25. The van der Waals surface area contributed by atoms with Gasteiger partial charge >= 0.3 is 0 Å². The molecule has 1 heterocycles. The van der Waals surface area contributed by atoms with Crippen molar-refractivity contribution in [2.75, 3.05) is 20.8 Å². The van der Waals surface area contributed by atoms with Crippen LogP contribution in [-0.2, 0) is 14.9 Å². The monoisotopic (exact) mass is 252 g/mol. The van der Waals surface area contributed by atoms with Crippen molar-refractivity contribution < 1.29 is 14.6 Å². The second kappa shape index (κ2) is 5.73. The summed E-state index contributed by atoms with van der Waals surface area (Å²) in [4.78, 5) is 8.85. The van der Waals surface area contributed by atoms with E-state index in [1.54, 1.807) is 26.5 Å². The summed E-state index contributed by atoms with van der Waals surface area (Å²) in [7, 11) is 3.15. The summed E-state index contributed by atoms with van der Waals surface area (Å²) in [5.41, 5.74) is 0.423. The van der Waals surface area contributed by atoms with Gasteiger partial charge in [-0.3, -0.25) is 0 Å². The van der Waals surface area contributed by atoms with Gasteiger partial charge in [0.25, 0.3) is 0 Å². The maximum Gasteiger partial charge on any atom is 0.200 e. The smallest absolute Gasteiger partial charge is 0.200 e. The number of rotatable bonds is 5. The molecule has 5 nitrogen and oxygen atoms in total. The first-order chi connectivity index (χ1) is 8.75. The normalized spacial score (nSPS) is 18.4. The summed E-state index contributed by atoms with van der Waals surface area (Å²) in [6.45, 7) is 0.0983. The van der Waals surface area contributed by atoms with E-state index < -0.39 is 6.29 Å². The van der Waals surface area contributed by atoms with Crippen LogP contribution in [0.5, 0.6) is 0 Å². The maximum absolute atomic E-state index is 9.67. The average Bonchev–Trinajstić information content (AvgIpc) is 2.91. The molecule has 0 amide bonds. The molecule has 1 fully saturated rings. The molecule has 2 rings (SSSR count). The molecule has 1 saturated carbocycles. The third-order valence-electron chi connectivity index (χ3n) is 3.68. The average molecular weight is 252 g/mol. The van der Waals surface area contributed by atoms with Crippen LogP contribution in [-0.4, -0.2) is 35.9 Å². The highest BCUT2D eigenvalue weighted by Gasteiger charge is 2.38. The first-order valence-electron chi connectivity index (χ1n) is 6.25. The Morgan fingerprint density at radius 3 is 2.56 bits per heavy atom. The zero-order valence-electron chi connectivity index (χ0n) is 10.9. The van der Waals surface area contributed by atoms with Crippen molar-refractivity contribution in [2.24, 2.45) is 0 Å². The minimum Gasteiger partial charge on any atom is -0.395 e. The van der Waals surface area contributed by atoms with E-state index in [1.807, 2.05) is 0 Å². The van der Waals surface area contributed by atoms with Crippen molar-refractivity contribution in [3.8, 4) is 0 Å². The van der Waals surface area contributed by atoms with E-state index in [9.17, 15) is 5.11 Å². The van der Waals surface area contributed by atoms with Gasteiger partial charge < -0.3 is 14.6 Å². The Balaban J connectivity index is 2.31. The largest absolute Gasteiger partial charge is 0.395 e. The molecule has 100 valence electrons. The van der Waals surface area contributed by atoms with Gasteiger partial charge in [-0.15, -0.1) is 0 Å².